The smallest absolute Gasteiger partial charge is 0.245 e. The first-order chi connectivity index (χ1) is 8.61. The average Bonchev–Trinajstić information content (AvgIpc) is 2.38. The number of hydrogen-bond acceptors (Lipinski definition) is 1. The molecular weight excluding hydrogens is 246 g/mol. The quantitative estimate of drug-likeness (QED) is 0.749. The summed E-state index contributed by atoms with van der Waals surface area (Å²) in [5.74, 6) is 0.0637. The summed E-state index contributed by atoms with van der Waals surface area (Å²) in [4.78, 5) is 14.3. The number of likely N-dealkylation sites (tertiary alicyclic amines) is 1. The van der Waals surface area contributed by atoms with Gasteiger partial charge < -0.3 is 4.90 Å². The molecule has 2 nitrogen and oxygen atoms in total. The van der Waals surface area contributed by atoms with Gasteiger partial charge in [-0.05, 0) is 49.8 Å². The van der Waals surface area contributed by atoms with E-state index >= 15 is 0 Å². The predicted octanol–water partition coefficient (Wildman–Crippen LogP) is 3.60. The standard InChI is InChI=1S/C15H20ClNO/c1-11-7-6-8-12(2)13(11)14(16)15(18)17-9-4-3-5-10-17/h6-8,14H,3-5,9-10H2,1-2H3. The van der Waals surface area contributed by atoms with E-state index in [0.29, 0.717) is 0 Å². The van der Waals surface area contributed by atoms with E-state index < -0.39 is 5.38 Å². The van der Waals surface area contributed by atoms with Crippen LogP contribution in [0.5, 0.6) is 0 Å². The molecule has 0 spiro atoms. The molecule has 0 N–H and O–H groups in total. The van der Waals surface area contributed by atoms with Gasteiger partial charge in [-0.3, -0.25) is 4.79 Å². The summed E-state index contributed by atoms with van der Waals surface area (Å²) >= 11 is 6.41. The second kappa shape index (κ2) is 5.75. The largest absolute Gasteiger partial charge is 0.341 e. The molecule has 98 valence electrons. The van der Waals surface area contributed by atoms with E-state index in [1.54, 1.807) is 0 Å². The SMILES string of the molecule is Cc1cccc(C)c1C(Cl)C(=O)N1CCCCC1. The molecule has 1 amide bonds. The van der Waals surface area contributed by atoms with Gasteiger partial charge in [-0.15, -0.1) is 11.6 Å². The molecule has 0 aromatic heterocycles. The zero-order valence-corrected chi connectivity index (χ0v) is 11.8. The Morgan fingerprint density at radius 3 is 2.28 bits per heavy atom. The molecule has 1 saturated heterocycles. The third-order valence-corrected chi connectivity index (χ3v) is 4.09. The number of nitrogens with zero attached hydrogens (tertiary/aromatic N) is 1. The van der Waals surface area contributed by atoms with Crippen LogP contribution in [0.1, 0.15) is 41.3 Å². The van der Waals surface area contributed by atoms with E-state index in [1.165, 1.54) is 6.42 Å². The van der Waals surface area contributed by atoms with Crippen molar-refractivity contribution in [2.45, 2.75) is 38.5 Å². The number of hydrogen-bond donors (Lipinski definition) is 0. The van der Waals surface area contributed by atoms with Crippen LogP contribution in [0.4, 0.5) is 0 Å². The van der Waals surface area contributed by atoms with Gasteiger partial charge in [0.1, 0.15) is 5.38 Å². The Hall–Kier alpha value is -1.02. The van der Waals surface area contributed by atoms with Crippen molar-refractivity contribution >= 4 is 17.5 Å². The minimum Gasteiger partial charge on any atom is -0.341 e. The number of amides is 1. The van der Waals surface area contributed by atoms with Crippen molar-refractivity contribution in [1.29, 1.82) is 0 Å². The van der Waals surface area contributed by atoms with Gasteiger partial charge in [-0.25, -0.2) is 0 Å². The van der Waals surface area contributed by atoms with Gasteiger partial charge in [0.15, 0.2) is 0 Å². The lowest BCUT2D eigenvalue weighted by molar-refractivity contribution is -0.131. The first kappa shape index (κ1) is 13.4. The summed E-state index contributed by atoms with van der Waals surface area (Å²) in [5, 5.41) is -0.538. The molecule has 1 aromatic carbocycles. The Morgan fingerprint density at radius 2 is 1.72 bits per heavy atom. The summed E-state index contributed by atoms with van der Waals surface area (Å²) in [6.07, 6.45) is 3.42. The van der Waals surface area contributed by atoms with Crippen LogP contribution in [0.3, 0.4) is 0 Å². The number of piperidine rings is 1. The molecule has 18 heavy (non-hydrogen) atoms. The number of alkyl halides is 1. The van der Waals surface area contributed by atoms with Crippen LogP contribution in [0, 0.1) is 13.8 Å². The van der Waals surface area contributed by atoms with Crippen LogP contribution in [0.25, 0.3) is 0 Å². The Labute approximate surface area is 114 Å². The Kier molecular flexibility index (Phi) is 4.28. The van der Waals surface area contributed by atoms with Gasteiger partial charge in [0, 0.05) is 13.1 Å². The van der Waals surface area contributed by atoms with Crippen molar-refractivity contribution in [2.24, 2.45) is 0 Å². The Morgan fingerprint density at radius 1 is 1.17 bits per heavy atom. The molecule has 1 fully saturated rings. The van der Waals surface area contributed by atoms with Gasteiger partial charge in [-0.2, -0.15) is 0 Å². The fourth-order valence-corrected chi connectivity index (χ4v) is 3.11. The molecule has 2 rings (SSSR count). The maximum Gasteiger partial charge on any atom is 0.245 e. The zero-order valence-electron chi connectivity index (χ0n) is 11.1. The van der Waals surface area contributed by atoms with Gasteiger partial charge in [0.25, 0.3) is 0 Å². The van der Waals surface area contributed by atoms with Gasteiger partial charge in [0.05, 0.1) is 0 Å². The normalized spacial score (nSPS) is 17.6. The molecule has 0 aliphatic carbocycles. The average molecular weight is 266 g/mol. The predicted molar refractivity (Wildman–Crippen MR) is 74.9 cm³/mol. The third-order valence-electron chi connectivity index (χ3n) is 3.68. The maximum absolute atomic E-state index is 12.4. The van der Waals surface area contributed by atoms with E-state index in [2.05, 4.69) is 0 Å². The molecule has 1 aliphatic rings. The highest BCUT2D eigenvalue weighted by Gasteiger charge is 2.26. The maximum atomic E-state index is 12.4. The van der Waals surface area contributed by atoms with Crippen LogP contribution in [0.2, 0.25) is 0 Å². The van der Waals surface area contributed by atoms with Crippen LogP contribution < -0.4 is 0 Å². The number of aryl methyl sites for hydroxylation is 2. The summed E-state index contributed by atoms with van der Waals surface area (Å²) < 4.78 is 0. The first-order valence-corrected chi connectivity index (χ1v) is 7.04. The van der Waals surface area contributed by atoms with E-state index in [1.807, 2.05) is 36.9 Å². The minimum atomic E-state index is -0.538. The highest BCUT2D eigenvalue weighted by atomic mass is 35.5. The first-order valence-electron chi connectivity index (χ1n) is 6.60. The van der Waals surface area contributed by atoms with E-state index in [9.17, 15) is 4.79 Å². The molecule has 1 atom stereocenters. The molecule has 0 bridgehead atoms. The molecule has 1 heterocycles. The molecule has 0 saturated carbocycles. The lowest BCUT2D eigenvalue weighted by atomic mass is 9.98. The van der Waals surface area contributed by atoms with Gasteiger partial charge in [0.2, 0.25) is 5.91 Å². The number of halogens is 1. The second-order valence-electron chi connectivity index (χ2n) is 5.05. The van der Waals surface area contributed by atoms with Crippen molar-refractivity contribution in [3.63, 3.8) is 0 Å². The number of carbonyl (C=O) groups excluding carboxylic acids is 1. The lowest BCUT2D eigenvalue weighted by Gasteiger charge is -2.29. The fourth-order valence-electron chi connectivity index (χ4n) is 2.63. The Bertz CT molecular complexity index is 418. The van der Waals surface area contributed by atoms with Crippen molar-refractivity contribution in [3.8, 4) is 0 Å². The van der Waals surface area contributed by atoms with E-state index in [-0.39, 0.29) is 5.91 Å². The molecule has 1 aromatic rings. The zero-order chi connectivity index (χ0) is 13.1. The van der Waals surface area contributed by atoms with Gasteiger partial charge >= 0.3 is 0 Å². The molecule has 0 radical (unpaired) electrons. The van der Waals surface area contributed by atoms with Crippen LogP contribution in [-0.4, -0.2) is 23.9 Å². The second-order valence-corrected chi connectivity index (χ2v) is 5.49. The number of benzene rings is 1. The topological polar surface area (TPSA) is 20.3 Å². The van der Waals surface area contributed by atoms with Crippen LogP contribution in [-0.2, 0) is 4.79 Å². The number of rotatable bonds is 2. The number of carbonyl (C=O) groups is 1. The van der Waals surface area contributed by atoms with Crippen molar-refractivity contribution < 1.29 is 4.79 Å². The summed E-state index contributed by atoms with van der Waals surface area (Å²) in [6.45, 7) is 5.74. The summed E-state index contributed by atoms with van der Waals surface area (Å²) in [5.41, 5.74) is 3.18. The Balaban J connectivity index is 2.19. The lowest BCUT2D eigenvalue weighted by Crippen LogP contribution is -2.37. The van der Waals surface area contributed by atoms with Crippen molar-refractivity contribution in [3.05, 3.63) is 34.9 Å². The van der Waals surface area contributed by atoms with E-state index in [0.717, 1.165) is 42.6 Å². The fraction of sp³-hybridized carbons (Fsp3) is 0.533. The third kappa shape index (κ3) is 2.69. The molecular formula is C15H20ClNO. The minimum absolute atomic E-state index is 0.0637. The monoisotopic (exact) mass is 265 g/mol. The summed E-state index contributed by atoms with van der Waals surface area (Å²) in [6, 6.07) is 6.03. The van der Waals surface area contributed by atoms with Crippen molar-refractivity contribution in [1.82, 2.24) is 4.90 Å². The highest BCUT2D eigenvalue weighted by Crippen LogP contribution is 2.29. The molecule has 1 unspecified atom stereocenters. The van der Waals surface area contributed by atoms with Crippen LogP contribution in [0.15, 0.2) is 18.2 Å². The van der Waals surface area contributed by atoms with Gasteiger partial charge in [-0.1, -0.05) is 18.2 Å². The van der Waals surface area contributed by atoms with E-state index in [4.69, 9.17) is 11.6 Å². The van der Waals surface area contributed by atoms with Crippen LogP contribution >= 0.6 is 11.6 Å². The summed E-state index contributed by atoms with van der Waals surface area (Å²) in [7, 11) is 0. The molecule has 3 heteroatoms. The highest BCUT2D eigenvalue weighted by molar-refractivity contribution is 6.31. The molecule has 1 aliphatic heterocycles. The van der Waals surface area contributed by atoms with Crippen molar-refractivity contribution in [2.75, 3.05) is 13.1 Å².